The molecule has 0 saturated carbocycles. The zero-order chi connectivity index (χ0) is 18.7. The predicted molar refractivity (Wildman–Crippen MR) is 90.6 cm³/mol. The molecule has 0 aliphatic heterocycles. The molecular weight excluding hydrogens is 372 g/mol. The highest BCUT2D eigenvalue weighted by atomic mass is 32.2. The molecule has 1 aromatic rings. The third kappa shape index (κ3) is 8.65. The molecule has 0 bridgehead atoms. The lowest BCUT2D eigenvalue weighted by Crippen LogP contribution is -2.26. The Morgan fingerprint density at radius 2 is 1.72 bits per heavy atom. The molecular formula is C13H24N4O6S2. The van der Waals surface area contributed by atoms with Gasteiger partial charge < -0.3 is 19.9 Å². The van der Waals surface area contributed by atoms with Crippen LogP contribution in [0.3, 0.4) is 0 Å². The lowest BCUT2D eigenvalue weighted by atomic mass is 10.1. The number of primary amides is 1. The number of carbonyl (C=O) groups is 1. The van der Waals surface area contributed by atoms with E-state index in [4.69, 9.17) is 25.1 Å². The van der Waals surface area contributed by atoms with Crippen molar-refractivity contribution in [3.8, 4) is 0 Å². The van der Waals surface area contributed by atoms with Crippen LogP contribution >= 0.6 is 11.3 Å². The van der Waals surface area contributed by atoms with Crippen LogP contribution < -0.4 is 10.9 Å². The van der Waals surface area contributed by atoms with Gasteiger partial charge in [0.05, 0.1) is 33.0 Å². The first-order valence-electron chi connectivity index (χ1n) is 7.75. The molecule has 0 aliphatic carbocycles. The molecule has 1 rings (SSSR count). The molecule has 0 radical (unpaired) electrons. The van der Waals surface area contributed by atoms with Crippen LogP contribution in [0.5, 0.6) is 0 Å². The molecule has 0 fully saturated rings. The summed E-state index contributed by atoms with van der Waals surface area (Å²) in [6, 6.07) is 0. The van der Waals surface area contributed by atoms with E-state index in [1.807, 2.05) is 0 Å². The molecule has 144 valence electrons. The number of ether oxygens (including phenoxy) is 3. The monoisotopic (exact) mass is 396 g/mol. The molecule has 12 heteroatoms. The van der Waals surface area contributed by atoms with Crippen molar-refractivity contribution in [2.75, 3.05) is 39.6 Å². The average Bonchev–Trinajstić information content (AvgIpc) is 3.02. The second kappa shape index (κ2) is 11.4. The van der Waals surface area contributed by atoms with Crippen LogP contribution in [0.25, 0.3) is 0 Å². The first-order valence-corrected chi connectivity index (χ1v) is 10.1. The summed E-state index contributed by atoms with van der Waals surface area (Å²) in [4.78, 5) is 11.5. The van der Waals surface area contributed by atoms with Gasteiger partial charge in [-0.25, -0.2) is 13.6 Å². The van der Waals surface area contributed by atoms with Gasteiger partial charge in [0.25, 0.3) is 10.0 Å². The van der Waals surface area contributed by atoms with Gasteiger partial charge in [-0.2, -0.15) is 0 Å². The SMILES string of the molecule is CCCCOCCOCCOCC(C(N)=O)c1nnc(S(N)(=O)=O)s1. The molecule has 0 aliphatic rings. The first kappa shape index (κ1) is 21.9. The number of unbranched alkanes of at least 4 members (excludes halogenated alkanes) is 1. The molecule has 4 N–H and O–H groups in total. The van der Waals surface area contributed by atoms with Crippen LogP contribution in [0.1, 0.15) is 30.7 Å². The summed E-state index contributed by atoms with van der Waals surface area (Å²) < 4.78 is 38.0. The smallest absolute Gasteiger partial charge is 0.267 e. The Hall–Kier alpha value is -1.18. The van der Waals surface area contributed by atoms with Gasteiger partial charge >= 0.3 is 0 Å². The number of hydrogen-bond donors (Lipinski definition) is 2. The third-order valence-electron chi connectivity index (χ3n) is 2.98. The molecule has 0 aromatic carbocycles. The molecule has 25 heavy (non-hydrogen) atoms. The summed E-state index contributed by atoms with van der Waals surface area (Å²) >= 11 is 0.694. The lowest BCUT2D eigenvalue weighted by Gasteiger charge is -2.11. The summed E-state index contributed by atoms with van der Waals surface area (Å²) in [5, 5.41) is 12.2. The van der Waals surface area contributed by atoms with Gasteiger partial charge in [0.1, 0.15) is 10.9 Å². The van der Waals surface area contributed by atoms with Crippen molar-refractivity contribution in [1.82, 2.24) is 10.2 Å². The Bertz CT molecular complexity index is 622. The summed E-state index contributed by atoms with van der Waals surface area (Å²) in [5.74, 6) is -1.59. The highest BCUT2D eigenvalue weighted by molar-refractivity contribution is 7.91. The molecule has 1 aromatic heterocycles. The van der Waals surface area contributed by atoms with E-state index in [2.05, 4.69) is 17.1 Å². The Morgan fingerprint density at radius 1 is 1.12 bits per heavy atom. The van der Waals surface area contributed by atoms with Crippen molar-refractivity contribution in [2.45, 2.75) is 30.0 Å². The number of aromatic nitrogens is 2. The highest BCUT2D eigenvalue weighted by Crippen LogP contribution is 2.22. The number of primary sulfonamides is 1. The second-order valence-corrected chi connectivity index (χ2v) is 7.80. The van der Waals surface area contributed by atoms with Gasteiger partial charge in [-0.15, -0.1) is 10.2 Å². The minimum atomic E-state index is -3.97. The van der Waals surface area contributed by atoms with Crippen molar-refractivity contribution < 1.29 is 27.4 Å². The highest BCUT2D eigenvalue weighted by Gasteiger charge is 2.25. The van der Waals surface area contributed by atoms with Gasteiger partial charge in [0.2, 0.25) is 10.2 Å². The van der Waals surface area contributed by atoms with E-state index in [-0.39, 0.29) is 22.6 Å². The van der Waals surface area contributed by atoms with E-state index in [1.54, 1.807) is 0 Å². The fraction of sp³-hybridized carbons (Fsp3) is 0.769. The summed E-state index contributed by atoms with van der Waals surface area (Å²) in [6.45, 7) is 4.32. The number of hydrogen-bond acceptors (Lipinski definition) is 9. The van der Waals surface area contributed by atoms with Crippen molar-refractivity contribution in [2.24, 2.45) is 10.9 Å². The summed E-state index contributed by atoms with van der Waals surface area (Å²) in [7, 11) is -3.97. The van der Waals surface area contributed by atoms with E-state index in [1.165, 1.54) is 0 Å². The summed E-state index contributed by atoms with van der Waals surface area (Å²) in [6.07, 6.45) is 2.11. The molecule has 0 saturated heterocycles. The molecule has 1 atom stereocenters. The zero-order valence-corrected chi connectivity index (χ0v) is 15.7. The van der Waals surface area contributed by atoms with E-state index < -0.39 is 21.8 Å². The zero-order valence-electron chi connectivity index (χ0n) is 14.0. The average molecular weight is 396 g/mol. The van der Waals surface area contributed by atoms with E-state index >= 15 is 0 Å². The third-order valence-corrected chi connectivity index (χ3v) is 5.32. The molecule has 1 amide bonds. The largest absolute Gasteiger partial charge is 0.379 e. The van der Waals surface area contributed by atoms with Gasteiger partial charge in [0.15, 0.2) is 0 Å². The topological polar surface area (TPSA) is 157 Å². The molecule has 0 spiro atoms. The maximum Gasteiger partial charge on any atom is 0.267 e. The number of sulfonamides is 1. The van der Waals surface area contributed by atoms with Crippen molar-refractivity contribution >= 4 is 27.3 Å². The van der Waals surface area contributed by atoms with Crippen molar-refractivity contribution in [3.05, 3.63) is 5.01 Å². The fourth-order valence-electron chi connectivity index (χ4n) is 1.64. The van der Waals surface area contributed by atoms with Crippen LogP contribution in [-0.2, 0) is 29.0 Å². The van der Waals surface area contributed by atoms with Crippen LogP contribution in [0.2, 0.25) is 0 Å². The number of nitrogens with zero attached hydrogens (tertiary/aromatic N) is 2. The van der Waals surface area contributed by atoms with Gasteiger partial charge in [-0.3, -0.25) is 4.79 Å². The molecule has 10 nitrogen and oxygen atoms in total. The Morgan fingerprint density at radius 3 is 2.24 bits per heavy atom. The second-order valence-electron chi connectivity index (χ2n) is 5.06. The Kier molecular flexibility index (Phi) is 10.0. The number of rotatable bonds is 14. The number of carbonyl (C=O) groups excluding carboxylic acids is 1. The van der Waals surface area contributed by atoms with Gasteiger partial charge in [0, 0.05) is 6.61 Å². The lowest BCUT2D eigenvalue weighted by molar-refractivity contribution is -0.121. The minimum absolute atomic E-state index is 0.0506. The van der Waals surface area contributed by atoms with Crippen LogP contribution in [-0.4, -0.2) is 64.2 Å². The van der Waals surface area contributed by atoms with Crippen molar-refractivity contribution in [1.29, 1.82) is 0 Å². The fourth-order valence-corrected chi connectivity index (χ4v) is 3.18. The van der Waals surface area contributed by atoms with Crippen LogP contribution in [0, 0.1) is 0 Å². The minimum Gasteiger partial charge on any atom is -0.379 e. The van der Waals surface area contributed by atoms with Crippen LogP contribution in [0.15, 0.2) is 4.34 Å². The maximum absolute atomic E-state index is 11.5. The number of amides is 1. The Labute approximate surface area is 150 Å². The van der Waals surface area contributed by atoms with E-state index in [9.17, 15) is 13.2 Å². The number of nitrogens with two attached hydrogens (primary N) is 2. The first-order chi connectivity index (χ1) is 11.9. The summed E-state index contributed by atoms with van der Waals surface area (Å²) in [5.41, 5.74) is 5.30. The van der Waals surface area contributed by atoms with Crippen molar-refractivity contribution in [3.63, 3.8) is 0 Å². The van der Waals surface area contributed by atoms with Crippen LogP contribution in [0.4, 0.5) is 0 Å². The normalized spacial score (nSPS) is 13.0. The van der Waals surface area contributed by atoms with Gasteiger partial charge in [-0.1, -0.05) is 24.7 Å². The quantitative estimate of drug-likeness (QED) is 0.402. The molecule has 1 unspecified atom stereocenters. The predicted octanol–water partition coefficient (Wildman–Crippen LogP) is -0.396. The Balaban J connectivity index is 2.28. The standard InChI is InChI=1S/C13H24N4O6S2/c1-2-3-4-21-5-6-22-7-8-23-9-10(11(14)18)12-16-17-13(24-12)25(15,19)20/h10H,2-9H2,1H3,(H2,14,18)(H2,15,19,20). The maximum atomic E-state index is 11.5. The molecule has 1 heterocycles. The van der Waals surface area contributed by atoms with Gasteiger partial charge in [-0.05, 0) is 6.42 Å². The van der Waals surface area contributed by atoms with E-state index in [0.29, 0.717) is 31.2 Å². The van der Waals surface area contributed by atoms with E-state index in [0.717, 1.165) is 19.4 Å².